The maximum Gasteiger partial charge on any atom is 0.218 e. The molecule has 3 nitrogen and oxygen atoms in total. The Kier molecular flexibility index (Phi) is 7.69. The molecule has 3 heteroatoms. The topological polar surface area (TPSA) is 55.1 Å². The highest BCUT2D eigenvalue weighted by Gasteiger charge is 2.00. The first-order valence-corrected chi connectivity index (χ1v) is 5.18. The molecule has 0 aliphatic heterocycles. The number of hydrogen-bond acceptors (Lipinski definition) is 2. The Morgan fingerprint density at radius 2 is 2.15 bits per heavy atom. The summed E-state index contributed by atoms with van der Waals surface area (Å²) in [7, 11) is 0. The molecule has 1 unspecified atom stereocenters. The van der Waals surface area contributed by atoms with Crippen LogP contribution in [0.5, 0.6) is 0 Å². The summed E-state index contributed by atoms with van der Waals surface area (Å²) in [5.41, 5.74) is 5.02. The van der Waals surface area contributed by atoms with Crippen LogP contribution in [0.25, 0.3) is 0 Å². The molecule has 0 radical (unpaired) electrons. The van der Waals surface area contributed by atoms with Crippen molar-refractivity contribution in [2.24, 2.45) is 5.73 Å². The minimum Gasteiger partial charge on any atom is -0.370 e. The number of nitrogens with two attached hydrogens (primary N) is 1. The van der Waals surface area contributed by atoms with Crippen LogP contribution in [0.4, 0.5) is 0 Å². The summed E-state index contributed by atoms with van der Waals surface area (Å²) in [6.07, 6.45) is 5.45. The lowest BCUT2D eigenvalue weighted by Gasteiger charge is -2.12. The van der Waals surface area contributed by atoms with Gasteiger partial charge >= 0.3 is 0 Å². The van der Waals surface area contributed by atoms with Crippen molar-refractivity contribution < 1.29 is 4.79 Å². The van der Waals surface area contributed by atoms with Crippen molar-refractivity contribution >= 4 is 5.91 Å². The summed E-state index contributed by atoms with van der Waals surface area (Å²) >= 11 is 0. The van der Waals surface area contributed by atoms with Gasteiger partial charge in [0.05, 0.1) is 0 Å². The van der Waals surface area contributed by atoms with Crippen LogP contribution in [-0.2, 0) is 4.79 Å². The van der Waals surface area contributed by atoms with E-state index in [-0.39, 0.29) is 5.91 Å². The Hall–Kier alpha value is -0.570. The predicted molar refractivity (Wildman–Crippen MR) is 55.4 cm³/mol. The fraction of sp³-hybridized carbons (Fsp3) is 0.900. The zero-order chi connectivity index (χ0) is 10.1. The lowest BCUT2D eigenvalue weighted by molar-refractivity contribution is -0.117. The molecule has 0 aromatic carbocycles. The normalized spacial score (nSPS) is 12.8. The van der Waals surface area contributed by atoms with Crippen molar-refractivity contribution in [1.82, 2.24) is 5.32 Å². The molecule has 13 heavy (non-hydrogen) atoms. The second-order valence-corrected chi connectivity index (χ2v) is 3.57. The molecule has 0 aliphatic rings. The zero-order valence-electron chi connectivity index (χ0n) is 8.81. The van der Waals surface area contributed by atoms with Gasteiger partial charge in [0.25, 0.3) is 0 Å². The molecule has 0 aromatic rings. The maximum absolute atomic E-state index is 10.4. The SMILES string of the molecule is CCCCCC(C)NCCC(N)=O. The van der Waals surface area contributed by atoms with E-state index < -0.39 is 0 Å². The van der Waals surface area contributed by atoms with Gasteiger partial charge in [-0.3, -0.25) is 4.79 Å². The first kappa shape index (κ1) is 12.4. The average molecular weight is 186 g/mol. The van der Waals surface area contributed by atoms with Crippen LogP contribution in [-0.4, -0.2) is 18.5 Å². The van der Waals surface area contributed by atoms with Crippen LogP contribution >= 0.6 is 0 Å². The van der Waals surface area contributed by atoms with Crippen LogP contribution in [0.15, 0.2) is 0 Å². The van der Waals surface area contributed by atoms with Gasteiger partial charge in [0.15, 0.2) is 0 Å². The third-order valence-corrected chi connectivity index (χ3v) is 2.10. The van der Waals surface area contributed by atoms with Crippen LogP contribution in [0, 0.1) is 0 Å². The molecule has 0 aromatic heterocycles. The minimum absolute atomic E-state index is 0.228. The van der Waals surface area contributed by atoms with Crippen LogP contribution in [0.3, 0.4) is 0 Å². The van der Waals surface area contributed by atoms with Gasteiger partial charge in [-0.25, -0.2) is 0 Å². The maximum atomic E-state index is 10.4. The van der Waals surface area contributed by atoms with E-state index in [1.807, 2.05) is 0 Å². The lowest BCUT2D eigenvalue weighted by atomic mass is 10.1. The second-order valence-electron chi connectivity index (χ2n) is 3.57. The highest BCUT2D eigenvalue weighted by molar-refractivity contribution is 5.73. The molecule has 1 atom stereocenters. The molecule has 0 rings (SSSR count). The number of carbonyl (C=O) groups excluding carboxylic acids is 1. The Balaban J connectivity index is 3.19. The van der Waals surface area contributed by atoms with E-state index in [1.54, 1.807) is 0 Å². The van der Waals surface area contributed by atoms with Gasteiger partial charge in [-0.1, -0.05) is 26.2 Å². The van der Waals surface area contributed by atoms with Crippen molar-refractivity contribution in [2.45, 2.75) is 52.0 Å². The summed E-state index contributed by atoms with van der Waals surface area (Å²) in [5.74, 6) is -0.228. The highest BCUT2D eigenvalue weighted by Crippen LogP contribution is 2.02. The summed E-state index contributed by atoms with van der Waals surface area (Å²) in [5, 5.41) is 3.27. The van der Waals surface area contributed by atoms with Gasteiger partial charge in [-0.15, -0.1) is 0 Å². The van der Waals surface area contributed by atoms with Crippen molar-refractivity contribution in [3.63, 3.8) is 0 Å². The minimum atomic E-state index is -0.228. The van der Waals surface area contributed by atoms with Crippen molar-refractivity contribution in [2.75, 3.05) is 6.54 Å². The molecule has 78 valence electrons. The molecule has 0 aliphatic carbocycles. The molecule has 0 heterocycles. The van der Waals surface area contributed by atoms with E-state index in [0.29, 0.717) is 19.0 Å². The van der Waals surface area contributed by atoms with E-state index in [4.69, 9.17) is 5.73 Å². The van der Waals surface area contributed by atoms with Crippen molar-refractivity contribution in [1.29, 1.82) is 0 Å². The summed E-state index contributed by atoms with van der Waals surface area (Å²) < 4.78 is 0. The first-order valence-electron chi connectivity index (χ1n) is 5.18. The number of hydrogen-bond donors (Lipinski definition) is 2. The number of primary amides is 1. The quantitative estimate of drug-likeness (QED) is 0.563. The molecule has 0 spiro atoms. The van der Waals surface area contributed by atoms with Crippen molar-refractivity contribution in [3.05, 3.63) is 0 Å². The molecule has 0 fully saturated rings. The van der Waals surface area contributed by atoms with Gasteiger partial charge in [0.2, 0.25) is 5.91 Å². The Morgan fingerprint density at radius 1 is 1.46 bits per heavy atom. The fourth-order valence-corrected chi connectivity index (χ4v) is 1.24. The zero-order valence-corrected chi connectivity index (χ0v) is 8.81. The van der Waals surface area contributed by atoms with E-state index >= 15 is 0 Å². The monoisotopic (exact) mass is 186 g/mol. The number of unbranched alkanes of at least 4 members (excludes halogenated alkanes) is 2. The number of nitrogens with one attached hydrogen (secondary N) is 1. The molecular formula is C10H22N2O. The Bertz CT molecular complexity index is 137. The smallest absolute Gasteiger partial charge is 0.218 e. The third-order valence-electron chi connectivity index (χ3n) is 2.10. The second kappa shape index (κ2) is 8.05. The number of amides is 1. The van der Waals surface area contributed by atoms with Crippen LogP contribution in [0.2, 0.25) is 0 Å². The largest absolute Gasteiger partial charge is 0.370 e. The summed E-state index contributed by atoms with van der Waals surface area (Å²) in [4.78, 5) is 10.4. The van der Waals surface area contributed by atoms with E-state index in [1.165, 1.54) is 25.7 Å². The van der Waals surface area contributed by atoms with Crippen LogP contribution < -0.4 is 11.1 Å². The first-order chi connectivity index (χ1) is 6.16. The number of carbonyl (C=O) groups is 1. The molecule has 3 N–H and O–H groups in total. The van der Waals surface area contributed by atoms with Gasteiger partial charge < -0.3 is 11.1 Å². The standard InChI is InChI=1S/C10H22N2O/c1-3-4-5-6-9(2)12-8-7-10(11)13/h9,12H,3-8H2,1-2H3,(H2,11,13). The molecule has 1 amide bonds. The average Bonchev–Trinajstić information content (AvgIpc) is 2.04. The molecule has 0 bridgehead atoms. The van der Waals surface area contributed by atoms with Crippen LogP contribution in [0.1, 0.15) is 46.0 Å². The molecule has 0 saturated heterocycles. The molecule has 0 saturated carbocycles. The fourth-order valence-electron chi connectivity index (χ4n) is 1.24. The Labute approximate surface area is 81.1 Å². The van der Waals surface area contributed by atoms with Crippen molar-refractivity contribution in [3.8, 4) is 0 Å². The summed E-state index contributed by atoms with van der Waals surface area (Å²) in [6, 6.07) is 0.505. The van der Waals surface area contributed by atoms with Gasteiger partial charge in [0, 0.05) is 19.0 Å². The highest BCUT2D eigenvalue weighted by atomic mass is 16.1. The Morgan fingerprint density at radius 3 is 2.69 bits per heavy atom. The predicted octanol–water partition coefficient (Wildman–Crippen LogP) is 1.42. The van der Waals surface area contributed by atoms with E-state index in [2.05, 4.69) is 19.2 Å². The third kappa shape index (κ3) is 9.34. The summed E-state index contributed by atoms with van der Waals surface area (Å²) in [6.45, 7) is 5.06. The van der Waals surface area contributed by atoms with E-state index in [0.717, 1.165) is 0 Å². The number of rotatable bonds is 8. The van der Waals surface area contributed by atoms with Gasteiger partial charge in [-0.2, -0.15) is 0 Å². The van der Waals surface area contributed by atoms with Gasteiger partial charge in [0.1, 0.15) is 0 Å². The van der Waals surface area contributed by atoms with E-state index in [9.17, 15) is 4.79 Å². The molecular weight excluding hydrogens is 164 g/mol. The van der Waals surface area contributed by atoms with Gasteiger partial charge in [-0.05, 0) is 13.3 Å². The lowest BCUT2D eigenvalue weighted by Crippen LogP contribution is -2.29.